The lowest BCUT2D eigenvalue weighted by atomic mass is 10.1. The van der Waals surface area contributed by atoms with Crippen LogP contribution in [0.15, 0.2) is 29.2 Å². The molecule has 27 heavy (non-hydrogen) atoms. The maximum Gasteiger partial charge on any atom is 0.267 e. The van der Waals surface area contributed by atoms with Gasteiger partial charge in [0.15, 0.2) is 0 Å². The summed E-state index contributed by atoms with van der Waals surface area (Å²) in [5, 5.41) is 0.210. The average Bonchev–Trinajstić information content (AvgIpc) is 2.88. The molecule has 0 aliphatic carbocycles. The van der Waals surface area contributed by atoms with E-state index in [2.05, 4.69) is 6.92 Å². The summed E-state index contributed by atoms with van der Waals surface area (Å²) in [6.07, 6.45) is 2.77. The van der Waals surface area contributed by atoms with Crippen molar-refractivity contribution < 1.29 is 19.1 Å². The fraction of sp³-hybridized carbons (Fsp3) is 0.524. The van der Waals surface area contributed by atoms with Crippen molar-refractivity contribution in [2.24, 2.45) is 0 Å². The van der Waals surface area contributed by atoms with Crippen LogP contribution >= 0.6 is 11.8 Å². The predicted molar refractivity (Wildman–Crippen MR) is 110 cm³/mol. The van der Waals surface area contributed by atoms with Gasteiger partial charge in [0.05, 0.1) is 17.6 Å². The fourth-order valence-corrected chi connectivity index (χ4v) is 3.79. The Kier molecular flexibility index (Phi) is 8.38. The lowest BCUT2D eigenvalue weighted by molar-refractivity contribution is -0.136. The number of hydrogen-bond donors (Lipinski definition) is 0. The Morgan fingerprint density at radius 1 is 1.04 bits per heavy atom. The summed E-state index contributed by atoms with van der Waals surface area (Å²) >= 11 is 1.45. The van der Waals surface area contributed by atoms with E-state index in [1.807, 2.05) is 38.1 Å². The van der Waals surface area contributed by atoms with Gasteiger partial charge in [-0.15, -0.1) is 11.8 Å². The molecule has 0 saturated heterocycles. The van der Waals surface area contributed by atoms with Gasteiger partial charge >= 0.3 is 0 Å². The summed E-state index contributed by atoms with van der Waals surface area (Å²) in [5.41, 5.74) is 1.24. The molecule has 0 fully saturated rings. The molecule has 1 aromatic carbocycles. The summed E-state index contributed by atoms with van der Waals surface area (Å²) < 4.78 is 10.7. The van der Waals surface area contributed by atoms with Crippen molar-refractivity contribution >= 4 is 29.1 Å². The van der Waals surface area contributed by atoms with Crippen LogP contribution < -0.4 is 4.74 Å². The van der Waals surface area contributed by atoms with E-state index in [1.165, 1.54) is 16.7 Å². The van der Waals surface area contributed by atoms with E-state index in [0.717, 1.165) is 30.8 Å². The van der Waals surface area contributed by atoms with Crippen molar-refractivity contribution in [2.75, 3.05) is 26.9 Å². The van der Waals surface area contributed by atoms with Gasteiger partial charge in [-0.2, -0.15) is 0 Å². The van der Waals surface area contributed by atoms with Gasteiger partial charge in [-0.05, 0) is 30.5 Å². The molecule has 2 rings (SSSR count). The third kappa shape index (κ3) is 5.59. The highest BCUT2D eigenvalue weighted by Crippen LogP contribution is 2.38. The Balaban J connectivity index is 2.14. The first-order chi connectivity index (χ1) is 13.0. The number of carbonyl (C=O) groups is 2. The first kappa shape index (κ1) is 21.5. The van der Waals surface area contributed by atoms with Crippen molar-refractivity contribution in [1.29, 1.82) is 0 Å². The second-order valence-electron chi connectivity index (χ2n) is 6.68. The SMILES string of the molecule is CCCCOCCCN1C(=O)C(SC(C)C)=C(c2ccc(OC)cc2)C1=O. The highest BCUT2D eigenvalue weighted by Gasteiger charge is 2.39. The minimum Gasteiger partial charge on any atom is -0.497 e. The minimum absolute atomic E-state index is 0.196. The van der Waals surface area contributed by atoms with Gasteiger partial charge < -0.3 is 9.47 Å². The number of nitrogens with zero attached hydrogens (tertiary/aromatic N) is 1. The van der Waals surface area contributed by atoms with Gasteiger partial charge in [0, 0.05) is 25.0 Å². The highest BCUT2D eigenvalue weighted by atomic mass is 32.2. The second-order valence-corrected chi connectivity index (χ2v) is 8.27. The summed E-state index contributed by atoms with van der Waals surface area (Å²) in [6, 6.07) is 7.28. The summed E-state index contributed by atoms with van der Waals surface area (Å²) in [4.78, 5) is 27.8. The normalized spacial score (nSPS) is 14.6. The molecule has 0 spiro atoms. The van der Waals surface area contributed by atoms with Crippen LogP contribution in [0.2, 0.25) is 0 Å². The molecule has 6 heteroatoms. The van der Waals surface area contributed by atoms with Crippen molar-refractivity contribution in [3.63, 3.8) is 0 Å². The molecule has 0 radical (unpaired) electrons. The number of unbranched alkanes of at least 4 members (excludes halogenated alkanes) is 1. The average molecular weight is 392 g/mol. The van der Waals surface area contributed by atoms with Crippen LogP contribution in [0.4, 0.5) is 0 Å². The van der Waals surface area contributed by atoms with E-state index < -0.39 is 0 Å². The molecule has 0 bridgehead atoms. The van der Waals surface area contributed by atoms with Gasteiger partial charge in [-0.1, -0.05) is 39.3 Å². The fourth-order valence-electron chi connectivity index (χ4n) is 2.79. The lowest BCUT2D eigenvalue weighted by Crippen LogP contribution is -2.33. The number of hydrogen-bond acceptors (Lipinski definition) is 5. The highest BCUT2D eigenvalue weighted by molar-refractivity contribution is 8.04. The number of methoxy groups -OCH3 is 1. The van der Waals surface area contributed by atoms with Gasteiger partial charge in [-0.25, -0.2) is 0 Å². The Morgan fingerprint density at radius 2 is 1.70 bits per heavy atom. The zero-order chi connectivity index (χ0) is 19.8. The molecule has 148 valence electrons. The molecule has 1 aliphatic rings. The summed E-state index contributed by atoms with van der Waals surface area (Å²) in [6.45, 7) is 7.82. The number of imide groups is 1. The topological polar surface area (TPSA) is 55.8 Å². The van der Waals surface area contributed by atoms with Gasteiger partial charge in [-0.3, -0.25) is 14.5 Å². The van der Waals surface area contributed by atoms with Crippen LogP contribution in [0.1, 0.15) is 45.6 Å². The van der Waals surface area contributed by atoms with Crippen LogP contribution in [0.25, 0.3) is 5.57 Å². The monoisotopic (exact) mass is 391 g/mol. The third-order valence-electron chi connectivity index (χ3n) is 4.17. The van der Waals surface area contributed by atoms with Crippen molar-refractivity contribution in [1.82, 2.24) is 4.90 Å². The molecule has 0 aromatic heterocycles. The zero-order valence-corrected chi connectivity index (χ0v) is 17.4. The molecule has 0 saturated carbocycles. The molecular weight excluding hydrogens is 362 g/mol. The van der Waals surface area contributed by atoms with Crippen LogP contribution in [-0.2, 0) is 14.3 Å². The number of carbonyl (C=O) groups excluding carboxylic acids is 2. The van der Waals surface area contributed by atoms with Crippen LogP contribution in [-0.4, -0.2) is 48.8 Å². The molecule has 1 aromatic rings. The smallest absolute Gasteiger partial charge is 0.267 e. The molecule has 0 N–H and O–H groups in total. The molecule has 0 unspecified atom stereocenters. The first-order valence-corrected chi connectivity index (χ1v) is 10.4. The van der Waals surface area contributed by atoms with Gasteiger partial charge in [0.2, 0.25) is 0 Å². The van der Waals surface area contributed by atoms with E-state index in [1.54, 1.807) is 7.11 Å². The van der Waals surface area contributed by atoms with Crippen LogP contribution in [0.3, 0.4) is 0 Å². The first-order valence-electron chi connectivity index (χ1n) is 9.48. The van der Waals surface area contributed by atoms with E-state index >= 15 is 0 Å². The van der Waals surface area contributed by atoms with E-state index in [9.17, 15) is 9.59 Å². The number of thioether (sulfide) groups is 1. The van der Waals surface area contributed by atoms with Gasteiger partial charge in [0.25, 0.3) is 11.8 Å². The zero-order valence-electron chi connectivity index (χ0n) is 16.6. The molecule has 1 heterocycles. The quantitative estimate of drug-likeness (QED) is 0.419. The van der Waals surface area contributed by atoms with E-state index in [0.29, 0.717) is 30.1 Å². The molecule has 5 nitrogen and oxygen atoms in total. The maximum absolute atomic E-state index is 13.0. The Morgan fingerprint density at radius 3 is 2.30 bits per heavy atom. The lowest BCUT2D eigenvalue weighted by Gasteiger charge is -2.15. The molecule has 1 aliphatic heterocycles. The minimum atomic E-state index is -0.220. The Bertz CT molecular complexity index is 682. The third-order valence-corrected chi connectivity index (χ3v) is 5.26. The molecule has 0 atom stereocenters. The number of rotatable bonds is 11. The standard InChI is InChI=1S/C21H29NO4S/c1-5-6-13-26-14-7-12-22-20(23)18(19(21(22)24)27-15(2)3)16-8-10-17(25-4)11-9-16/h8-11,15H,5-7,12-14H2,1-4H3. The Hall–Kier alpha value is -1.79. The molecular formula is C21H29NO4S. The summed E-state index contributed by atoms with van der Waals surface area (Å²) in [7, 11) is 1.60. The Labute approximate surface area is 166 Å². The maximum atomic E-state index is 13.0. The second kappa shape index (κ2) is 10.5. The van der Waals surface area contributed by atoms with Crippen LogP contribution in [0, 0.1) is 0 Å². The largest absolute Gasteiger partial charge is 0.497 e. The number of ether oxygens (including phenoxy) is 2. The number of amides is 2. The predicted octanol–water partition coefficient (Wildman–Crippen LogP) is 4.12. The van der Waals surface area contributed by atoms with Gasteiger partial charge in [0.1, 0.15) is 5.75 Å². The van der Waals surface area contributed by atoms with Crippen molar-refractivity contribution in [3.8, 4) is 5.75 Å². The number of benzene rings is 1. The van der Waals surface area contributed by atoms with Crippen LogP contribution in [0.5, 0.6) is 5.75 Å². The molecule has 2 amide bonds. The van der Waals surface area contributed by atoms with Crippen molar-refractivity contribution in [2.45, 2.75) is 45.3 Å². The van der Waals surface area contributed by atoms with E-state index in [4.69, 9.17) is 9.47 Å². The van der Waals surface area contributed by atoms with Crippen molar-refractivity contribution in [3.05, 3.63) is 34.7 Å². The van der Waals surface area contributed by atoms with E-state index in [-0.39, 0.29) is 17.1 Å². The summed E-state index contributed by atoms with van der Waals surface area (Å²) in [5.74, 6) is 0.301.